The topological polar surface area (TPSA) is 127 Å². The second kappa shape index (κ2) is 10.1. The zero-order valence-corrected chi connectivity index (χ0v) is 20.2. The van der Waals surface area contributed by atoms with E-state index in [2.05, 4.69) is 15.3 Å². The number of ether oxygens (including phenoxy) is 1. The van der Waals surface area contributed by atoms with Crippen LogP contribution in [0.25, 0.3) is 0 Å². The summed E-state index contributed by atoms with van der Waals surface area (Å²) >= 11 is 1.39. The molecule has 0 unspecified atom stereocenters. The van der Waals surface area contributed by atoms with E-state index in [1.165, 1.54) is 23.9 Å². The Morgan fingerprint density at radius 3 is 2.49 bits per heavy atom. The van der Waals surface area contributed by atoms with Crippen LogP contribution in [0.2, 0.25) is 0 Å². The minimum atomic E-state index is -0.803. The molecule has 2 heterocycles. The zero-order valence-electron chi connectivity index (χ0n) is 19.4. The van der Waals surface area contributed by atoms with Gasteiger partial charge in [0, 0.05) is 23.6 Å². The number of nitrogens with one attached hydrogen (secondary N) is 2. The molecule has 0 radical (unpaired) electrons. The first-order valence-electron chi connectivity index (χ1n) is 11.0. The van der Waals surface area contributed by atoms with E-state index in [0.29, 0.717) is 28.0 Å². The van der Waals surface area contributed by atoms with Crippen molar-refractivity contribution in [2.75, 3.05) is 5.32 Å². The number of carbonyl (C=O) groups excluding carboxylic acids is 1. The van der Waals surface area contributed by atoms with Crippen molar-refractivity contribution in [2.45, 2.75) is 43.7 Å². The molecule has 9 nitrogen and oxygen atoms in total. The van der Waals surface area contributed by atoms with Crippen molar-refractivity contribution in [3.8, 4) is 0 Å². The Bertz CT molecular complexity index is 1350. The molecular formula is C25H24N4O5S. The Morgan fingerprint density at radius 1 is 1.17 bits per heavy atom. The zero-order chi connectivity index (χ0) is 25.1. The van der Waals surface area contributed by atoms with Crippen LogP contribution in [0.1, 0.15) is 43.4 Å². The van der Waals surface area contributed by atoms with Gasteiger partial charge in [0.05, 0.1) is 28.1 Å². The molecule has 3 aromatic rings. The summed E-state index contributed by atoms with van der Waals surface area (Å²) < 4.78 is 5.46. The summed E-state index contributed by atoms with van der Waals surface area (Å²) in [5.41, 5.74) is 2.16. The summed E-state index contributed by atoms with van der Waals surface area (Å²) in [5.74, 6) is -0.412. The van der Waals surface area contributed by atoms with E-state index in [0.717, 1.165) is 5.56 Å². The van der Waals surface area contributed by atoms with E-state index in [9.17, 15) is 19.7 Å². The van der Waals surface area contributed by atoms with Crippen molar-refractivity contribution in [3.05, 3.63) is 103 Å². The third-order valence-corrected chi connectivity index (χ3v) is 6.38. The number of H-pyrrole nitrogens is 1. The molecule has 4 rings (SSSR count). The first-order valence-corrected chi connectivity index (χ1v) is 12.0. The van der Waals surface area contributed by atoms with Gasteiger partial charge >= 0.3 is 5.97 Å². The number of nitro benzene ring substituents is 1. The molecule has 1 atom stereocenters. The number of allylic oxidation sites excluding steroid dienone is 1. The number of aromatic nitrogens is 2. The number of non-ortho nitro benzene ring substituents is 1. The number of nitro groups is 1. The monoisotopic (exact) mass is 492 g/mol. The predicted octanol–water partition coefficient (Wildman–Crippen LogP) is 4.75. The van der Waals surface area contributed by atoms with Crippen molar-refractivity contribution < 1.29 is 14.5 Å². The average molecular weight is 493 g/mol. The van der Waals surface area contributed by atoms with Crippen LogP contribution in [-0.2, 0) is 15.3 Å². The van der Waals surface area contributed by atoms with Crippen LogP contribution in [-0.4, -0.2) is 27.0 Å². The van der Waals surface area contributed by atoms with E-state index < -0.39 is 22.4 Å². The van der Waals surface area contributed by atoms with Crippen LogP contribution in [0, 0.1) is 10.1 Å². The number of hydrogen-bond donors (Lipinski definition) is 2. The van der Waals surface area contributed by atoms with Crippen molar-refractivity contribution in [3.63, 3.8) is 0 Å². The standard InChI is InChI=1S/C25H24N4O5S/c1-14(2)34-24(31)19-15(3)26-22-21(20(19)17-9-11-18(12-10-17)29(32)33)23(30)28-25(27-22)35-13-16-7-5-4-6-8-16/h4-12,14,20H,13H2,1-3H3,(H2,26,27,28,30)/t20-/m0/s1. The highest BCUT2D eigenvalue weighted by molar-refractivity contribution is 7.98. The molecule has 1 aromatic heterocycles. The van der Waals surface area contributed by atoms with Gasteiger partial charge in [0.2, 0.25) is 0 Å². The van der Waals surface area contributed by atoms with E-state index >= 15 is 0 Å². The number of benzene rings is 2. The minimum absolute atomic E-state index is 0.0883. The molecular weight excluding hydrogens is 468 g/mol. The van der Waals surface area contributed by atoms with Gasteiger partial charge < -0.3 is 15.0 Å². The Morgan fingerprint density at radius 2 is 1.86 bits per heavy atom. The molecule has 180 valence electrons. The fourth-order valence-corrected chi connectivity index (χ4v) is 4.71. The number of nitrogens with zero attached hydrogens (tertiary/aromatic N) is 2. The molecule has 0 saturated carbocycles. The first-order chi connectivity index (χ1) is 16.7. The number of carbonyl (C=O) groups is 1. The van der Waals surface area contributed by atoms with Crippen molar-refractivity contribution in [1.29, 1.82) is 0 Å². The number of esters is 1. The summed E-state index contributed by atoms with van der Waals surface area (Å²) in [4.78, 5) is 44.5. The number of anilines is 1. The molecule has 1 aliphatic rings. The summed E-state index contributed by atoms with van der Waals surface area (Å²) in [6, 6.07) is 15.6. The molecule has 0 spiro atoms. The molecule has 1 aliphatic heterocycles. The van der Waals surface area contributed by atoms with E-state index in [1.54, 1.807) is 32.9 Å². The molecule has 2 N–H and O–H groups in total. The molecule has 35 heavy (non-hydrogen) atoms. The predicted molar refractivity (Wildman–Crippen MR) is 133 cm³/mol. The molecule has 2 aromatic carbocycles. The van der Waals surface area contributed by atoms with Crippen molar-refractivity contribution in [1.82, 2.24) is 9.97 Å². The molecule has 0 bridgehead atoms. The number of rotatable bonds is 7. The third kappa shape index (κ3) is 5.27. The van der Waals surface area contributed by atoms with Crippen molar-refractivity contribution in [2.24, 2.45) is 0 Å². The highest BCUT2D eigenvalue weighted by Gasteiger charge is 2.37. The summed E-state index contributed by atoms with van der Waals surface area (Å²) in [6.07, 6.45) is -0.366. The van der Waals surface area contributed by atoms with Crippen molar-refractivity contribution >= 4 is 29.2 Å². The maximum absolute atomic E-state index is 13.3. The second-order valence-electron chi connectivity index (χ2n) is 8.31. The number of aromatic amines is 1. The fourth-order valence-electron chi connectivity index (χ4n) is 3.90. The fraction of sp³-hybridized carbons (Fsp3) is 0.240. The highest BCUT2D eigenvalue weighted by Crippen LogP contribution is 2.40. The van der Waals surface area contributed by atoms with Crippen LogP contribution in [0.15, 0.2) is 75.8 Å². The molecule has 0 aliphatic carbocycles. The van der Waals surface area contributed by atoms with Crippen LogP contribution >= 0.6 is 11.8 Å². The quantitative estimate of drug-likeness (QED) is 0.159. The van der Waals surface area contributed by atoms with Gasteiger partial charge in [-0.3, -0.25) is 14.9 Å². The van der Waals surface area contributed by atoms with Crippen LogP contribution in [0.3, 0.4) is 0 Å². The van der Waals surface area contributed by atoms with Crippen LogP contribution in [0.4, 0.5) is 11.5 Å². The van der Waals surface area contributed by atoms with Crippen LogP contribution in [0.5, 0.6) is 0 Å². The number of fused-ring (bicyclic) bond motifs is 1. The van der Waals surface area contributed by atoms with Gasteiger partial charge in [-0.1, -0.05) is 54.2 Å². The molecule has 10 heteroatoms. The maximum Gasteiger partial charge on any atom is 0.337 e. The number of hydrogen-bond acceptors (Lipinski definition) is 8. The van der Waals surface area contributed by atoms with Gasteiger partial charge in [-0.25, -0.2) is 9.78 Å². The molecule has 0 fully saturated rings. The molecule has 0 amide bonds. The smallest absolute Gasteiger partial charge is 0.337 e. The van der Waals surface area contributed by atoms with Gasteiger partial charge in [-0.05, 0) is 31.9 Å². The summed E-state index contributed by atoms with van der Waals surface area (Å²) in [7, 11) is 0. The largest absolute Gasteiger partial charge is 0.460 e. The lowest BCUT2D eigenvalue weighted by Crippen LogP contribution is -2.31. The lowest BCUT2D eigenvalue weighted by atomic mass is 9.82. The van der Waals surface area contributed by atoms with Gasteiger partial charge in [-0.15, -0.1) is 0 Å². The van der Waals surface area contributed by atoms with E-state index in [4.69, 9.17) is 4.74 Å². The Hall–Kier alpha value is -3.92. The van der Waals surface area contributed by atoms with Gasteiger partial charge in [0.15, 0.2) is 5.16 Å². The van der Waals surface area contributed by atoms with Gasteiger partial charge in [0.1, 0.15) is 5.82 Å². The van der Waals surface area contributed by atoms with E-state index in [-0.39, 0.29) is 22.9 Å². The average Bonchev–Trinajstić information content (AvgIpc) is 2.82. The second-order valence-corrected chi connectivity index (χ2v) is 9.27. The number of thioether (sulfide) groups is 1. The highest BCUT2D eigenvalue weighted by atomic mass is 32.2. The maximum atomic E-state index is 13.3. The van der Waals surface area contributed by atoms with Gasteiger partial charge in [-0.2, -0.15) is 0 Å². The summed E-state index contributed by atoms with van der Waals surface area (Å²) in [6.45, 7) is 5.20. The minimum Gasteiger partial charge on any atom is -0.460 e. The SMILES string of the molecule is CC1=C(C(=O)OC(C)C)[C@H](c2ccc([N+](=O)[O-])cc2)c2c(nc(SCc3ccccc3)[nH]c2=O)N1. The lowest BCUT2D eigenvalue weighted by molar-refractivity contribution is -0.384. The van der Waals surface area contributed by atoms with Gasteiger partial charge in [0.25, 0.3) is 11.2 Å². The Labute approximate surface area is 205 Å². The van der Waals surface area contributed by atoms with E-state index in [1.807, 2.05) is 30.3 Å². The normalized spacial score (nSPS) is 14.9. The summed E-state index contributed by atoms with van der Waals surface area (Å²) in [5, 5.41) is 14.7. The first kappa shape index (κ1) is 24.2. The lowest BCUT2D eigenvalue weighted by Gasteiger charge is -2.29. The third-order valence-electron chi connectivity index (χ3n) is 5.44. The van der Waals surface area contributed by atoms with Crippen LogP contribution < -0.4 is 10.9 Å². The molecule has 0 saturated heterocycles. The Balaban J connectivity index is 1.77. The Kier molecular flexibility index (Phi) is 7.02.